The second-order valence-electron chi connectivity index (χ2n) is 4.27. The van der Waals surface area contributed by atoms with E-state index >= 15 is 0 Å². The Kier molecular flexibility index (Phi) is 4.17. The molecule has 0 aliphatic rings. The van der Waals surface area contributed by atoms with E-state index in [0.717, 1.165) is 12.1 Å². The molecule has 0 heterocycles. The number of rotatable bonds is 3. The van der Waals surface area contributed by atoms with Crippen LogP contribution in [0.25, 0.3) is 0 Å². The molecule has 0 saturated heterocycles. The van der Waals surface area contributed by atoms with E-state index in [9.17, 15) is 24.9 Å². The van der Waals surface area contributed by atoms with Gasteiger partial charge in [0, 0.05) is 0 Å². The van der Waals surface area contributed by atoms with Gasteiger partial charge in [-0.05, 0) is 30.3 Å². The van der Waals surface area contributed by atoms with E-state index in [0.29, 0.717) is 0 Å². The van der Waals surface area contributed by atoms with Crippen LogP contribution in [0.1, 0.15) is 20.7 Å². The number of hydrogen-bond donors (Lipinski definition) is 3. The maximum Gasteiger partial charge on any atom is 0.343 e. The fraction of sp³-hybridized carbons (Fsp3) is 0.0667. The third-order valence-corrected chi connectivity index (χ3v) is 2.77. The number of esters is 2. The van der Waals surface area contributed by atoms with Crippen LogP contribution in [0.15, 0.2) is 36.4 Å². The van der Waals surface area contributed by atoms with Gasteiger partial charge in [0.05, 0.1) is 18.2 Å². The highest BCUT2D eigenvalue weighted by molar-refractivity contribution is 5.93. The molecule has 2 aromatic rings. The molecule has 2 rings (SSSR count). The number of carbonyl (C=O) groups excluding carboxylic acids is 2. The average molecular weight is 304 g/mol. The summed E-state index contributed by atoms with van der Waals surface area (Å²) < 4.78 is 9.59. The zero-order chi connectivity index (χ0) is 16.3. The fourth-order valence-corrected chi connectivity index (χ4v) is 1.69. The van der Waals surface area contributed by atoms with Crippen molar-refractivity contribution in [3.63, 3.8) is 0 Å². The molecular formula is C15H12O7. The van der Waals surface area contributed by atoms with Crippen molar-refractivity contribution in [3.05, 3.63) is 47.5 Å². The normalized spacial score (nSPS) is 10.0. The molecule has 7 heteroatoms. The van der Waals surface area contributed by atoms with Gasteiger partial charge in [-0.1, -0.05) is 6.07 Å². The molecule has 3 N–H and O–H groups in total. The molecule has 0 bridgehead atoms. The molecule has 0 aliphatic carbocycles. The number of benzene rings is 2. The Morgan fingerprint density at radius 2 is 1.55 bits per heavy atom. The molecule has 22 heavy (non-hydrogen) atoms. The molecule has 0 fully saturated rings. The standard InChI is InChI=1S/C15H12O7/c1-21-14(19)8-3-2-4-10(5-8)22-15(20)9-6-11(16)13(18)12(17)7-9/h2-7,16-18H,1H3. The minimum absolute atomic E-state index is 0.0833. The van der Waals surface area contributed by atoms with Crippen LogP contribution in [0, 0.1) is 0 Å². The molecule has 0 unspecified atom stereocenters. The Balaban J connectivity index is 2.24. The van der Waals surface area contributed by atoms with Crippen molar-refractivity contribution in [1.29, 1.82) is 0 Å². The van der Waals surface area contributed by atoms with Crippen LogP contribution in [0.5, 0.6) is 23.0 Å². The van der Waals surface area contributed by atoms with Crippen molar-refractivity contribution in [2.45, 2.75) is 0 Å². The van der Waals surface area contributed by atoms with Crippen molar-refractivity contribution < 1.29 is 34.4 Å². The van der Waals surface area contributed by atoms with E-state index in [1.165, 1.54) is 31.4 Å². The van der Waals surface area contributed by atoms with Gasteiger partial charge in [-0.2, -0.15) is 0 Å². The molecule has 0 spiro atoms. The Labute approximate surface area is 125 Å². The fourth-order valence-electron chi connectivity index (χ4n) is 1.69. The molecule has 0 amide bonds. The van der Waals surface area contributed by atoms with E-state index in [1.54, 1.807) is 0 Å². The van der Waals surface area contributed by atoms with Gasteiger partial charge >= 0.3 is 11.9 Å². The minimum atomic E-state index is -0.882. The number of phenolic OH excluding ortho intramolecular Hbond substituents is 3. The molecule has 2 aromatic carbocycles. The molecular weight excluding hydrogens is 292 g/mol. The molecule has 114 valence electrons. The van der Waals surface area contributed by atoms with E-state index in [2.05, 4.69) is 4.74 Å². The van der Waals surface area contributed by atoms with E-state index in [1.807, 2.05) is 0 Å². The van der Waals surface area contributed by atoms with Gasteiger partial charge < -0.3 is 24.8 Å². The number of carbonyl (C=O) groups is 2. The highest BCUT2D eigenvalue weighted by atomic mass is 16.5. The van der Waals surface area contributed by atoms with Gasteiger partial charge in [0.2, 0.25) is 0 Å². The third kappa shape index (κ3) is 3.09. The van der Waals surface area contributed by atoms with Gasteiger partial charge in [-0.15, -0.1) is 0 Å². The summed E-state index contributed by atoms with van der Waals surface area (Å²) in [6.07, 6.45) is 0. The summed E-state index contributed by atoms with van der Waals surface area (Å²) in [7, 11) is 1.23. The molecule has 0 saturated carbocycles. The van der Waals surface area contributed by atoms with Crippen LogP contribution in [0.4, 0.5) is 0 Å². The van der Waals surface area contributed by atoms with Gasteiger partial charge in [0.15, 0.2) is 17.2 Å². The number of methoxy groups -OCH3 is 1. The third-order valence-electron chi connectivity index (χ3n) is 2.77. The van der Waals surface area contributed by atoms with Gasteiger partial charge in [0.25, 0.3) is 0 Å². The SMILES string of the molecule is COC(=O)c1cccc(OC(=O)c2cc(O)c(O)c(O)c2)c1. The quantitative estimate of drug-likeness (QED) is 0.450. The summed E-state index contributed by atoms with van der Waals surface area (Å²) in [5.41, 5.74) is 0.0282. The van der Waals surface area contributed by atoms with Gasteiger partial charge in [-0.3, -0.25) is 0 Å². The van der Waals surface area contributed by atoms with Crippen LogP contribution in [-0.2, 0) is 4.74 Å². The number of phenols is 3. The Morgan fingerprint density at radius 3 is 2.14 bits per heavy atom. The van der Waals surface area contributed by atoms with Crippen LogP contribution >= 0.6 is 0 Å². The molecule has 0 atom stereocenters. The van der Waals surface area contributed by atoms with Crippen LogP contribution in [0.2, 0.25) is 0 Å². The Bertz CT molecular complexity index is 713. The lowest BCUT2D eigenvalue weighted by molar-refractivity contribution is 0.0597. The molecule has 7 nitrogen and oxygen atoms in total. The maximum absolute atomic E-state index is 11.9. The monoisotopic (exact) mass is 304 g/mol. The average Bonchev–Trinajstić information content (AvgIpc) is 2.51. The first-order chi connectivity index (χ1) is 10.4. The largest absolute Gasteiger partial charge is 0.504 e. The van der Waals surface area contributed by atoms with Crippen LogP contribution in [0.3, 0.4) is 0 Å². The number of aromatic hydroxyl groups is 3. The van der Waals surface area contributed by atoms with Gasteiger partial charge in [0.1, 0.15) is 5.75 Å². The van der Waals surface area contributed by atoms with Crippen molar-refractivity contribution >= 4 is 11.9 Å². The second-order valence-corrected chi connectivity index (χ2v) is 4.27. The molecule has 0 aliphatic heterocycles. The molecule has 0 radical (unpaired) electrons. The summed E-state index contributed by atoms with van der Waals surface area (Å²) >= 11 is 0. The summed E-state index contributed by atoms with van der Waals surface area (Å²) in [6.45, 7) is 0. The second kappa shape index (κ2) is 6.04. The highest BCUT2D eigenvalue weighted by Crippen LogP contribution is 2.35. The van der Waals surface area contributed by atoms with Gasteiger partial charge in [-0.25, -0.2) is 9.59 Å². The predicted molar refractivity (Wildman–Crippen MR) is 74.2 cm³/mol. The lowest BCUT2D eigenvalue weighted by Crippen LogP contribution is -2.09. The first kappa shape index (κ1) is 15.2. The van der Waals surface area contributed by atoms with Crippen molar-refractivity contribution in [1.82, 2.24) is 0 Å². The Hall–Kier alpha value is -3.22. The first-order valence-electron chi connectivity index (χ1n) is 6.08. The predicted octanol–water partition coefficient (Wildman–Crippen LogP) is 1.81. The first-order valence-corrected chi connectivity index (χ1v) is 6.08. The lowest BCUT2D eigenvalue weighted by atomic mass is 10.2. The van der Waals surface area contributed by atoms with Crippen molar-refractivity contribution in [3.8, 4) is 23.0 Å². The molecule has 0 aromatic heterocycles. The number of ether oxygens (including phenoxy) is 2. The van der Waals surface area contributed by atoms with Crippen LogP contribution < -0.4 is 4.74 Å². The zero-order valence-electron chi connectivity index (χ0n) is 11.4. The number of hydrogen-bond acceptors (Lipinski definition) is 7. The minimum Gasteiger partial charge on any atom is -0.504 e. The lowest BCUT2D eigenvalue weighted by Gasteiger charge is -2.07. The van der Waals surface area contributed by atoms with Crippen molar-refractivity contribution in [2.75, 3.05) is 7.11 Å². The summed E-state index contributed by atoms with van der Waals surface area (Å²) in [6, 6.07) is 7.64. The van der Waals surface area contributed by atoms with Crippen molar-refractivity contribution in [2.24, 2.45) is 0 Å². The zero-order valence-corrected chi connectivity index (χ0v) is 11.4. The van der Waals surface area contributed by atoms with E-state index in [-0.39, 0.29) is 16.9 Å². The summed E-state index contributed by atoms with van der Waals surface area (Å²) in [5, 5.41) is 28.0. The van der Waals surface area contributed by atoms with E-state index < -0.39 is 29.2 Å². The Morgan fingerprint density at radius 1 is 0.909 bits per heavy atom. The summed E-state index contributed by atoms with van der Waals surface area (Å²) in [4.78, 5) is 23.3. The smallest absolute Gasteiger partial charge is 0.343 e. The summed E-state index contributed by atoms with van der Waals surface area (Å²) in [5.74, 6) is -3.43. The highest BCUT2D eigenvalue weighted by Gasteiger charge is 2.16. The maximum atomic E-state index is 11.9. The van der Waals surface area contributed by atoms with E-state index in [4.69, 9.17) is 4.74 Å². The van der Waals surface area contributed by atoms with Crippen LogP contribution in [-0.4, -0.2) is 34.4 Å². The topological polar surface area (TPSA) is 113 Å².